The van der Waals surface area contributed by atoms with Gasteiger partial charge in [-0.05, 0) is 37.6 Å². The van der Waals surface area contributed by atoms with Crippen LogP contribution in [0.1, 0.15) is 21.5 Å². The molecule has 7 nitrogen and oxygen atoms in total. The van der Waals surface area contributed by atoms with Crippen molar-refractivity contribution in [1.82, 2.24) is 5.32 Å². The summed E-state index contributed by atoms with van der Waals surface area (Å²) in [5.74, 6) is -2.31. The average molecular weight is 392 g/mol. The number of hydrogen-bond donors (Lipinski definition) is 2. The van der Waals surface area contributed by atoms with Crippen molar-refractivity contribution in [2.45, 2.75) is 20.5 Å². The van der Waals surface area contributed by atoms with Gasteiger partial charge in [0.15, 0.2) is 6.61 Å². The molecule has 148 valence electrons. The van der Waals surface area contributed by atoms with Crippen molar-refractivity contribution < 1.29 is 32.6 Å². The van der Waals surface area contributed by atoms with Gasteiger partial charge in [0, 0.05) is 5.69 Å². The highest BCUT2D eigenvalue weighted by Crippen LogP contribution is 2.21. The minimum Gasteiger partial charge on any atom is -0.452 e. The van der Waals surface area contributed by atoms with E-state index in [1.54, 1.807) is 19.1 Å². The Kier molecular flexibility index (Phi) is 7.02. The van der Waals surface area contributed by atoms with Gasteiger partial charge in [-0.25, -0.2) is 9.59 Å². The summed E-state index contributed by atoms with van der Waals surface area (Å²) in [7, 11) is 0. The average Bonchev–Trinajstić information content (AvgIpc) is 2.62. The van der Waals surface area contributed by atoms with E-state index >= 15 is 0 Å². The Morgan fingerprint density at radius 3 is 2.46 bits per heavy atom. The molecule has 0 aliphatic rings. The highest BCUT2D eigenvalue weighted by Gasteiger charge is 2.18. The lowest BCUT2D eigenvalue weighted by Gasteiger charge is -2.11. The zero-order valence-corrected chi connectivity index (χ0v) is 15.1. The SMILES string of the molecule is Cc1ccc(NC(=O)NC(=O)COC(=O)c2ccccc2OC(F)F)c(C)c1. The quantitative estimate of drug-likeness (QED) is 0.735. The number of amides is 3. The number of carbonyl (C=O) groups is 3. The lowest BCUT2D eigenvalue weighted by molar-refractivity contribution is -0.123. The fourth-order valence-electron chi connectivity index (χ4n) is 2.31. The third-order valence-electron chi connectivity index (χ3n) is 3.54. The molecule has 2 rings (SSSR count). The van der Waals surface area contributed by atoms with E-state index < -0.39 is 31.1 Å². The maximum atomic E-state index is 12.4. The molecule has 9 heteroatoms. The summed E-state index contributed by atoms with van der Waals surface area (Å²) in [6.45, 7) is -0.196. The Morgan fingerprint density at radius 1 is 1.07 bits per heavy atom. The first-order valence-corrected chi connectivity index (χ1v) is 8.15. The normalized spacial score (nSPS) is 10.3. The van der Waals surface area contributed by atoms with Crippen molar-refractivity contribution in [1.29, 1.82) is 0 Å². The molecule has 0 spiro atoms. The van der Waals surface area contributed by atoms with Crippen molar-refractivity contribution in [2.24, 2.45) is 0 Å². The smallest absolute Gasteiger partial charge is 0.387 e. The Balaban J connectivity index is 1.88. The van der Waals surface area contributed by atoms with E-state index in [9.17, 15) is 23.2 Å². The van der Waals surface area contributed by atoms with Crippen molar-refractivity contribution >= 4 is 23.6 Å². The summed E-state index contributed by atoms with van der Waals surface area (Å²) < 4.78 is 33.7. The van der Waals surface area contributed by atoms with Crippen LogP contribution in [0.15, 0.2) is 42.5 Å². The maximum Gasteiger partial charge on any atom is 0.387 e. The fourth-order valence-corrected chi connectivity index (χ4v) is 2.31. The molecule has 2 aromatic rings. The molecule has 28 heavy (non-hydrogen) atoms. The molecular weight excluding hydrogens is 374 g/mol. The molecule has 2 N–H and O–H groups in total. The van der Waals surface area contributed by atoms with E-state index in [1.165, 1.54) is 24.3 Å². The molecule has 0 saturated carbocycles. The summed E-state index contributed by atoms with van der Waals surface area (Å²) >= 11 is 0. The van der Waals surface area contributed by atoms with E-state index in [-0.39, 0.29) is 11.3 Å². The highest BCUT2D eigenvalue weighted by molar-refractivity contribution is 6.02. The van der Waals surface area contributed by atoms with Crippen LogP contribution >= 0.6 is 0 Å². The monoisotopic (exact) mass is 392 g/mol. The largest absolute Gasteiger partial charge is 0.452 e. The number of carbonyl (C=O) groups excluding carboxylic acids is 3. The lowest BCUT2D eigenvalue weighted by atomic mass is 10.1. The first kappa shape index (κ1) is 20.8. The minimum absolute atomic E-state index is 0.268. The van der Waals surface area contributed by atoms with E-state index in [1.807, 2.05) is 18.3 Å². The van der Waals surface area contributed by atoms with Crippen LogP contribution < -0.4 is 15.4 Å². The number of urea groups is 1. The molecule has 3 amide bonds. The van der Waals surface area contributed by atoms with E-state index in [4.69, 9.17) is 4.74 Å². The molecular formula is C19H18F2N2O5. The van der Waals surface area contributed by atoms with Gasteiger partial charge in [0.2, 0.25) is 0 Å². The number of ether oxygens (including phenoxy) is 2. The third-order valence-corrected chi connectivity index (χ3v) is 3.54. The topological polar surface area (TPSA) is 93.7 Å². The zero-order chi connectivity index (χ0) is 20.7. The second-order valence-electron chi connectivity index (χ2n) is 5.77. The number of imide groups is 1. The van der Waals surface area contributed by atoms with Gasteiger partial charge in [0.05, 0.1) is 0 Å². The van der Waals surface area contributed by atoms with Crippen molar-refractivity contribution in [3.05, 3.63) is 59.2 Å². The van der Waals surface area contributed by atoms with E-state index in [0.717, 1.165) is 11.1 Å². The van der Waals surface area contributed by atoms with Gasteiger partial charge in [-0.2, -0.15) is 8.78 Å². The van der Waals surface area contributed by atoms with Crippen LogP contribution in [0.4, 0.5) is 19.3 Å². The molecule has 0 aliphatic carbocycles. The first-order chi connectivity index (χ1) is 13.3. The number of nitrogens with one attached hydrogen (secondary N) is 2. The van der Waals surface area contributed by atoms with Gasteiger partial charge in [0.25, 0.3) is 5.91 Å². The van der Waals surface area contributed by atoms with Gasteiger partial charge in [-0.15, -0.1) is 0 Å². The number of anilines is 1. The number of alkyl halides is 2. The Bertz CT molecular complexity index is 886. The van der Waals surface area contributed by atoms with Gasteiger partial charge in [0.1, 0.15) is 11.3 Å². The number of rotatable bonds is 6. The molecule has 0 bridgehead atoms. The second kappa shape index (κ2) is 9.45. The van der Waals surface area contributed by atoms with Gasteiger partial charge in [-0.3, -0.25) is 10.1 Å². The number of aryl methyl sites for hydroxylation is 2. The molecule has 0 aliphatic heterocycles. The molecule has 0 atom stereocenters. The van der Waals surface area contributed by atoms with Crippen LogP contribution in [-0.2, 0) is 9.53 Å². The number of esters is 1. The zero-order valence-electron chi connectivity index (χ0n) is 15.1. The van der Waals surface area contributed by atoms with Crippen LogP contribution in [0.25, 0.3) is 0 Å². The summed E-state index contributed by atoms with van der Waals surface area (Å²) in [4.78, 5) is 35.6. The molecule has 0 unspecified atom stereocenters. The number of benzene rings is 2. The van der Waals surface area contributed by atoms with Crippen molar-refractivity contribution in [3.63, 3.8) is 0 Å². The third kappa shape index (κ3) is 6.04. The molecule has 0 heterocycles. The molecule has 0 fully saturated rings. The summed E-state index contributed by atoms with van der Waals surface area (Å²) in [5, 5.41) is 4.51. The lowest BCUT2D eigenvalue weighted by Crippen LogP contribution is -2.37. The van der Waals surface area contributed by atoms with Crippen molar-refractivity contribution in [2.75, 3.05) is 11.9 Å². The van der Waals surface area contributed by atoms with Crippen LogP contribution in [0.2, 0.25) is 0 Å². The summed E-state index contributed by atoms with van der Waals surface area (Å²) in [6.07, 6.45) is 0. The fraction of sp³-hybridized carbons (Fsp3) is 0.211. The summed E-state index contributed by atoms with van der Waals surface area (Å²) in [5.41, 5.74) is 2.08. The van der Waals surface area contributed by atoms with Gasteiger partial charge >= 0.3 is 18.6 Å². The number of hydrogen-bond acceptors (Lipinski definition) is 5. The molecule has 2 aromatic carbocycles. The maximum absolute atomic E-state index is 12.4. The van der Waals surface area contributed by atoms with Crippen LogP contribution in [0.3, 0.4) is 0 Å². The molecule has 0 saturated heterocycles. The van der Waals surface area contributed by atoms with Gasteiger partial charge < -0.3 is 14.8 Å². The Labute approximate surface area is 159 Å². The number of halogens is 2. The minimum atomic E-state index is -3.12. The Morgan fingerprint density at radius 2 is 1.79 bits per heavy atom. The highest BCUT2D eigenvalue weighted by atomic mass is 19.3. The van der Waals surface area contributed by atoms with Crippen LogP contribution in [-0.4, -0.2) is 31.1 Å². The first-order valence-electron chi connectivity index (χ1n) is 8.15. The standard InChI is InChI=1S/C19H18F2N2O5/c1-11-7-8-14(12(2)9-11)22-19(26)23-16(24)10-27-17(25)13-5-3-4-6-15(13)28-18(20)21/h3-9,18H,10H2,1-2H3,(H2,22,23,24,26). The van der Waals surface area contributed by atoms with E-state index in [0.29, 0.717) is 5.69 Å². The Hall–Kier alpha value is -3.49. The summed E-state index contributed by atoms with van der Waals surface area (Å²) in [6, 6.07) is 9.75. The second-order valence-corrected chi connectivity index (χ2v) is 5.77. The number of para-hydroxylation sites is 1. The van der Waals surface area contributed by atoms with E-state index in [2.05, 4.69) is 10.1 Å². The van der Waals surface area contributed by atoms with Crippen LogP contribution in [0, 0.1) is 13.8 Å². The predicted octanol–water partition coefficient (Wildman–Crippen LogP) is 3.41. The predicted molar refractivity (Wildman–Crippen MR) is 96.4 cm³/mol. The van der Waals surface area contributed by atoms with Gasteiger partial charge in [-0.1, -0.05) is 29.8 Å². The molecule has 0 aromatic heterocycles. The van der Waals surface area contributed by atoms with Crippen LogP contribution in [0.5, 0.6) is 5.75 Å². The van der Waals surface area contributed by atoms with Crippen molar-refractivity contribution in [3.8, 4) is 5.75 Å². The molecule has 0 radical (unpaired) electrons.